The highest BCUT2D eigenvalue weighted by atomic mass is 32.2. The number of hydrogen-bond donors (Lipinski definition) is 2. The van der Waals surface area contributed by atoms with Crippen LogP contribution in [0.2, 0.25) is 0 Å². The van der Waals surface area contributed by atoms with Crippen molar-refractivity contribution in [2.24, 2.45) is 0 Å². The summed E-state index contributed by atoms with van der Waals surface area (Å²) < 4.78 is 37.8. The molecule has 1 unspecified atom stereocenters. The molecule has 5 aliphatic heterocycles. The lowest BCUT2D eigenvalue weighted by molar-refractivity contribution is -0.132. The molecule has 5 heterocycles. The van der Waals surface area contributed by atoms with Gasteiger partial charge in [-0.1, -0.05) is 30.3 Å². The monoisotopic (exact) mass is 563 g/mol. The molecule has 2 N–H and O–H groups in total. The minimum absolute atomic E-state index is 0.00282. The third kappa shape index (κ3) is 7.00. The first-order chi connectivity index (χ1) is 19.2. The van der Waals surface area contributed by atoms with E-state index in [1.807, 2.05) is 66.7 Å². The Balaban J connectivity index is 1.49. The van der Waals surface area contributed by atoms with Gasteiger partial charge in [0.15, 0.2) is 0 Å². The van der Waals surface area contributed by atoms with Crippen molar-refractivity contribution in [3.63, 3.8) is 0 Å². The second-order valence-corrected chi connectivity index (χ2v) is 11.9. The van der Waals surface area contributed by atoms with E-state index in [1.54, 1.807) is 4.90 Å². The molecule has 8 bridgehead atoms. The van der Waals surface area contributed by atoms with E-state index in [0.717, 1.165) is 28.5 Å². The number of aryl methyl sites for hydroxylation is 1. The van der Waals surface area contributed by atoms with E-state index >= 15 is 0 Å². The van der Waals surface area contributed by atoms with Gasteiger partial charge >= 0.3 is 0 Å². The normalized spacial score (nSPS) is 17.8. The van der Waals surface area contributed by atoms with Gasteiger partial charge in [-0.15, -0.1) is 0 Å². The first-order valence-electron chi connectivity index (χ1n) is 13.4. The summed E-state index contributed by atoms with van der Waals surface area (Å²) in [6.07, 6.45) is 3.34. The number of sulfonamides is 1. The smallest absolute Gasteiger partial charge is 0.238 e. The Morgan fingerprint density at radius 2 is 1.80 bits per heavy atom. The van der Waals surface area contributed by atoms with Crippen LogP contribution in [0.25, 0.3) is 0 Å². The summed E-state index contributed by atoms with van der Waals surface area (Å²) in [6.45, 7) is 1.04. The molecule has 40 heavy (non-hydrogen) atoms. The number of carbonyl (C=O) groups is 2. The van der Waals surface area contributed by atoms with E-state index in [1.165, 1.54) is 0 Å². The number of benzene rings is 3. The van der Waals surface area contributed by atoms with Crippen LogP contribution < -0.4 is 19.5 Å². The third-order valence-electron chi connectivity index (χ3n) is 7.03. The second kappa shape index (κ2) is 12.1. The Hall–Kier alpha value is -3.89. The lowest BCUT2D eigenvalue weighted by Crippen LogP contribution is -2.45. The van der Waals surface area contributed by atoms with E-state index in [4.69, 9.17) is 9.47 Å². The zero-order valence-electron chi connectivity index (χ0n) is 22.4. The van der Waals surface area contributed by atoms with E-state index in [2.05, 4.69) is 10.0 Å². The van der Waals surface area contributed by atoms with Crippen molar-refractivity contribution in [3.8, 4) is 17.2 Å². The molecule has 2 amide bonds. The van der Waals surface area contributed by atoms with Gasteiger partial charge in [0, 0.05) is 19.5 Å². The predicted molar refractivity (Wildman–Crippen MR) is 151 cm³/mol. The van der Waals surface area contributed by atoms with Gasteiger partial charge < -0.3 is 19.7 Å². The van der Waals surface area contributed by atoms with Gasteiger partial charge in [-0.2, -0.15) is 0 Å². The van der Waals surface area contributed by atoms with Gasteiger partial charge in [0.05, 0.1) is 25.4 Å². The predicted octanol–water partition coefficient (Wildman–Crippen LogP) is 3.33. The number of hydrogen-bond acceptors (Lipinski definition) is 6. The number of carbonyl (C=O) groups excluding carboxylic acids is 2. The van der Waals surface area contributed by atoms with Crippen LogP contribution in [-0.4, -0.2) is 57.6 Å². The Kier molecular flexibility index (Phi) is 8.37. The van der Waals surface area contributed by atoms with Gasteiger partial charge in [-0.3, -0.25) is 9.59 Å². The van der Waals surface area contributed by atoms with E-state index in [0.29, 0.717) is 62.6 Å². The summed E-state index contributed by atoms with van der Waals surface area (Å²) in [7, 11) is -3.52. The standard InChI is InChI=1S/C30H33N3O6S/c1-40(36,37)32-20-29(35)33-16-14-22-18-26-11-12-27(22)30(33)23-4-2-5-25(19-23)38-17-3-15-31-28(34)13-8-21-6-9-24(39-26)10-7-21/h2,4-7,9-12,18-19,30,32H,3,8,13-17,20H2,1H3,(H,31,34). The first-order valence-corrected chi connectivity index (χ1v) is 15.3. The van der Waals surface area contributed by atoms with Gasteiger partial charge in [-0.05, 0) is 77.9 Å². The molecule has 8 rings (SSSR count). The Labute approximate surface area is 234 Å². The zero-order chi connectivity index (χ0) is 28.1. The van der Waals surface area contributed by atoms with Crippen LogP contribution in [0.15, 0.2) is 66.7 Å². The number of ether oxygens (including phenoxy) is 2. The highest BCUT2D eigenvalue weighted by Crippen LogP contribution is 2.38. The summed E-state index contributed by atoms with van der Waals surface area (Å²) in [5.41, 5.74) is 3.92. The summed E-state index contributed by atoms with van der Waals surface area (Å²) in [6, 6.07) is 20.8. The van der Waals surface area contributed by atoms with Crippen LogP contribution in [0.4, 0.5) is 0 Å². The Bertz CT molecular complexity index is 1490. The highest BCUT2D eigenvalue weighted by Gasteiger charge is 2.32. The topological polar surface area (TPSA) is 114 Å². The summed E-state index contributed by atoms with van der Waals surface area (Å²) >= 11 is 0. The van der Waals surface area contributed by atoms with Crippen LogP contribution in [0, 0.1) is 0 Å². The maximum Gasteiger partial charge on any atom is 0.238 e. The number of nitrogens with zero attached hydrogens (tertiary/aromatic N) is 1. The van der Waals surface area contributed by atoms with Crippen LogP contribution in [0.3, 0.4) is 0 Å². The summed E-state index contributed by atoms with van der Waals surface area (Å²) in [5, 5.41) is 2.94. The molecule has 0 radical (unpaired) electrons. The van der Waals surface area contributed by atoms with Crippen LogP contribution >= 0.6 is 0 Å². The fourth-order valence-electron chi connectivity index (χ4n) is 5.06. The van der Waals surface area contributed by atoms with E-state index in [9.17, 15) is 18.0 Å². The number of amides is 2. The molecule has 0 aromatic heterocycles. The van der Waals surface area contributed by atoms with Gasteiger partial charge in [0.1, 0.15) is 17.2 Å². The average molecular weight is 564 g/mol. The fraction of sp³-hybridized carbons (Fsp3) is 0.333. The van der Waals surface area contributed by atoms with Crippen LogP contribution in [0.1, 0.15) is 41.1 Å². The average Bonchev–Trinajstić information content (AvgIpc) is 2.94. The minimum atomic E-state index is -3.52. The lowest BCUT2D eigenvalue weighted by atomic mass is 9.87. The molecule has 3 aromatic rings. The van der Waals surface area contributed by atoms with Crippen molar-refractivity contribution >= 4 is 21.8 Å². The number of rotatable bonds is 3. The Morgan fingerprint density at radius 1 is 1.00 bits per heavy atom. The van der Waals surface area contributed by atoms with Crippen LogP contribution in [-0.2, 0) is 32.5 Å². The van der Waals surface area contributed by atoms with Crippen molar-refractivity contribution in [2.75, 3.05) is 32.5 Å². The molecule has 0 saturated heterocycles. The molecular weight excluding hydrogens is 530 g/mol. The van der Waals surface area contributed by atoms with Crippen molar-refractivity contribution in [3.05, 3.63) is 89.0 Å². The first kappa shape index (κ1) is 27.7. The molecule has 0 spiro atoms. The quantitative estimate of drug-likeness (QED) is 0.506. The molecule has 210 valence electrons. The molecule has 0 aliphatic carbocycles. The molecule has 5 aliphatic rings. The largest absolute Gasteiger partial charge is 0.494 e. The van der Waals surface area contributed by atoms with Crippen molar-refractivity contribution in [1.29, 1.82) is 0 Å². The molecule has 0 fully saturated rings. The minimum Gasteiger partial charge on any atom is -0.494 e. The molecule has 0 saturated carbocycles. The van der Waals surface area contributed by atoms with Crippen LogP contribution in [0.5, 0.6) is 17.2 Å². The molecule has 10 heteroatoms. The summed E-state index contributed by atoms with van der Waals surface area (Å²) in [4.78, 5) is 27.2. The third-order valence-corrected chi connectivity index (χ3v) is 7.70. The van der Waals surface area contributed by atoms with Gasteiger partial charge in [0.2, 0.25) is 21.8 Å². The van der Waals surface area contributed by atoms with Gasteiger partial charge in [-0.25, -0.2) is 13.1 Å². The second-order valence-electron chi connectivity index (χ2n) is 10.1. The van der Waals surface area contributed by atoms with Crippen molar-refractivity contribution in [1.82, 2.24) is 14.9 Å². The summed E-state index contributed by atoms with van der Waals surface area (Å²) in [5.74, 6) is 1.72. The lowest BCUT2D eigenvalue weighted by Gasteiger charge is -2.38. The molecule has 3 aromatic carbocycles. The maximum atomic E-state index is 13.3. The maximum absolute atomic E-state index is 13.3. The van der Waals surface area contributed by atoms with E-state index in [-0.39, 0.29) is 18.4 Å². The van der Waals surface area contributed by atoms with E-state index < -0.39 is 16.1 Å². The molecule has 1 atom stereocenters. The Morgan fingerprint density at radius 3 is 2.60 bits per heavy atom. The van der Waals surface area contributed by atoms with Crippen molar-refractivity contribution in [2.45, 2.75) is 31.7 Å². The SMILES string of the molecule is CS(=O)(=O)NCC(=O)N1CCc2cc3ccc2C1c1cccc(c1)OCCCNC(=O)CCc1ccc(cc1)O3. The molecule has 9 nitrogen and oxygen atoms in total. The van der Waals surface area contributed by atoms with Gasteiger partial charge in [0.25, 0.3) is 0 Å². The zero-order valence-corrected chi connectivity index (χ0v) is 23.2. The highest BCUT2D eigenvalue weighted by molar-refractivity contribution is 7.88. The fourth-order valence-corrected chi connectivity index (χ4v) is 5.45. The number of nitrogens with one attached hydrogen (secondary N) is 2. The molecular formula is C30H33N3O6S. The van der Waals surface area contributed by atoms with Crippen molar-refractivity contribution < 1.29 is 27.5 Å².